The monoisotopic (exact) mass is 1400 g/mol. The summed E-state index contributed by atoms with van der Waals surface area (Å²) in [5.74, 6) is -2.29. The number of hydrogen-bond acceptors (Lipinski definition) is 14. The molecule has 0 aromatic heterocycles. The van der Waals surface area contributed by atoms with Gasteiger partial charge >= 0.3 is 12.2 Å². The maximum absolute atomic E-state index is 15.3. The van der Waals surface area contributed by atoms with Crippen molar-refractivity contribution in [3.63, 3.8) is 0 Å². The van der Waals surface area contributed by atoms with Gasteiger partial charge in [-0.2, -0.15) is 0 Å². The number of piperazine rings is 1. The van der Waals surface area contributed by atoms with Crippen LogP contribution in [-0.2, 0) is 73.8 Å². The smallest absolute Gasteiger partial charge is 0.410 e. The van der Waals surface area contributed by atoms with Crippen LogP contribution in [0.3, 0.4) is 0 Å². The number of nitrogens with one attached hydrogen (secondary N) is 4. The van der Waals surface area contributed by atoms with Crippen LogP contribution < -0.4 is 21.3 Å². The van der Waals surface area contributed by atoms with Gasteiger partial charge in [-0.25, -0.2) is 9.59 Å². The highest BCUT2D eigenvalue weighted by molar-refractivity contribution is 5.96. The average Bonchev–Trinajstić information content (AvgIpc) is 1.57. The number of benzene rings is 4. The van der Waals surface area contributed by atoms with Gasteiger partial charge in [0.05, 0.1) is 24.3 Å². The molecule has 11 rings (SSSR count). The molecule has 4 aromatic carbocycles. The zero-order valence-electron chi connectivity index (χ0n) is 60.5. The van der Waals surface area contributed by atoms with Crippen LogP contribution in [-0.4, -0.2) is 205 Å². The van der Waals surface area contributed by atoms with Crippen molar-refractivity contribution in [1.82, 2.24) is 50.7 Å². The second kappa shape index (κ2) is 37.0. The first-order valence-electron chi connectivity index (χ1n) is 38.1. The topological polar surface area (TPSA) is 241 Å². The number of hydrogen-bond donors (Lipinski definition) is 4. The minimum Gasteiger partial charge on any atom is -0.445 e. The number of aryl methyl sites for hydroxylation is 2. The fourth-order valence-corrected chi connectivity index (χ4v) is 16.4. The van der Waals surface area contributed by atoms with E-state index >= 15 is 9.59 Å². The molecule has 22 nitrogen and oxygen atoms in total. The van der Waals surface area contributed by atoms with Crippen molar-refractivity contribution in [2.45, 2.75) is 216 Å². The van der Waals surface area contributed by atoms with Crippen LogP contribution >= 0.6 is 0 Å². The van der Waals surface area contributed by atoms with E-state index in [4.69, 9.17) is 18.9 Å². The molecule has 102 heavy (non-hydrogen) atoms. The summed E-state index contributed by atoms with van der Waals surface area (Å²) >= 11 is 0. The highest BCUT2D eigenvalue weighted by Gasteiger charge is 2.48. The normalized spacial score (nSPS) is 23.1. The van der Waals surface area contributed by atoms with Gasteiger partial charge in [0.15, 0.2) is 0 Å². The van der Waals surface area contributed by atoms with Crippen LogP contribution in [0.5, 0.6) is 0 Å². The van der Waals surface area contributed by atoms with Crippen LogP contribution in [0.25, 0.3) is 0 Å². The highest BCUT2D eigenvalue weighted by Crippen LogP contribution is 2.36. The number of carbonyl (C=O) groups excluding carboxylic acids is 8. The van der Waals surface area contributed by atoms with E-state index in [0.717, 1.165) is 177 Å². The summed E-state index contributed by atoms with van der Waals surface area (Å²) < 4.78 is 24.4. The van der Waals surface area contributed by atoms with E-state index in [1.807, 2.05) is 84.9 Å². The number of fused-ring (bicyclic) bond motifs is 2. The molecule has 552 valence electrons. The number of amides is 8. The van der Waals surface area contributed by atoms with Gasteiger partial charge in [-0.3, -0.25) is 38.6 Å². The summed E-state index contributed by atoms with van der Waals surface area (Å²) in [5, 5.41) is 12.9. The number of ether oxygens (including phenoxy) is 4. The first-order chi connectivity index (χ1) is 49.6. The molecule has 8 amide bonds. The van der Waals surface area contributed by atoms with E-state index in [0.29, 0.717) is 26.1 Å². The van der Waals surface area contributed by atoms with Gasteiger partial charge < -0.3 is 59.8 Å². The molecular formula is C80H110N10O12. The second-order valence-corrected chi connectivity index (χ2v) is 29.6. The molecule has 0 radical (unpaired) electrons. The lowest BCUT2D eigenvalue weighted by Gasteiger charge is -2.36. The van der Waals surface area contributed by atoms with Gasteiger partial charge in [0.25, 0.3) is 0 Å². The maximum Gasteiger partial charge on any atom is 0.410 e. The Labute approximate surface area is 603 Å². The lowest BCUT2D eigenvalue weighted by Crippen LogP contribution is -2.59. The van der Waals surface area contributed by atoms with Gasteiger partial charge in [-0.15, -0.1) is 0 Å². The van der Waals surface area contributed by atoms with Crippen molar-refractivity contribution in [2.75, 3.05) is 79.7 Å². The first-order valence-corrected chi connectivity index (χ1v) is 38.1. The summed E-state index contributed by atoms with van der Waals surface area (Å²) in [4.78, 5) is 126. The van der Waals surface area contributed by atoms with Crippen molar-refractivity contribution < 1.29 is 57.3 Å². The Morgan fingerprint density at radius 3 is 1.24 bits per heavy atom. The average molecular weight is 1400 g/mol. The molecule has 4 aromatic rings. The van der Waals surface area contributed by atoms with Crippen molar-refractivity contribution in [2.24, 2.45) is 11.8 Å². The van der Waals surface area contributed by atoms with Crippen LogP contribution in [0.1, 0.15) is 175 Å². The Bertz CT molecular complexity index is 3210. The largest absolute Gasteiger partial charge is 0.445 e. The summed E-state index contributed by atoms with van der Waals surface area (Å²) in [6.07, 6.45) is 14.2. The molecule has 10 atom stereocenters. The van der Waals surface area contributed by atoms with Crippen molar-refractivity contribution in [1.29, 1.82) is 0 Å². The molecule has 4 N–H and O–H groups in total. The molecule has 5 fully saturated rings. The van der Waals surface area contributed by atoms with Crippen molar-refractivity contribution >= 4 is 47.6 Å². The summed E-state index contributed by atoms with van der Waals surface area (Å²) in [6.45, 7) is 9.84. The third-order valence-electron chi connectivity index (χ3n) is 22.8. The van der Waals surface area contributed by atoms with Gasteiger partial charge in [0.2, 0.25) is 35.4 Å². The highest BCUT2D eigenvalue weighted by atomic mass is 16.6. The quantitative estimate of drug-likeness (QED) is 0.0388. The Morgan fingerprint density at radius 2 is 0.843 bits per heavy atom. The van der Waals surface area contributed by atoms with Crippen LogP contribution in [0.2, 0.25) is 0 Å². The Kier molecular flexibility index (Phi) is 27.3. The lowest BCUT2D eigenvalue weighted by molar-refractivity contribution is -0.144. The molecule has 7 aliphatic rings. The second-order valence-electron chi connectivity index (χ2n) is 29.6. The van der Waals surface area contributed by atoms with Crippen molar-refractivity contribution in [3.05, 3.63) is 143 Å². The van der Waals surface area contributed by atoms with Crippen LogP contribution in [0.4, 0.5) is 9.59 Å². The number of carbonyl (C=O) groups is 8. The minimum absolute atomic E-state index is 0.0540. The number of nitrogens with zero attached hydrogens (tertiary/aromatic N) is 6. The molecule has 22 heteroatoms. The standard InChI is InChI=1S/C80H110N10O12/c1-55(85(3)79(97)101-53-57-25-9-5-10-26-57)73(91)83-71(61-31-13-7-14-32-61)77(95)89-51-63(49-69(89)75(93)81-67-39-21-35-59-29-17-19-37-65(59)67)99-47-23-41-87-43-45-88(46-44-87)42-24-48-100-64-50-70(76(94)82-68-40-22-36-60-30-18-20-38-66(60)68)90(52-64)78(96)72(62-33-15-8-16-34-62)84-74(92)56(2)86(4)80(98)102-54-58-27-11-6-12-28-58/h5-6,9-12,17-20,25-30,37-38,55-56,61-64,67-72H,7-8,13-16,21-24,31-36,39-54H2,1-4H3,(H,81,93)(H,82,94)(H,83,91)(H,84,92)/t55-,56-,63-,64-,67+,68+,69-,70-,71-,72-/m0/s1. The fourth-order valence-electron chi connectivity index (χ4n) is 16.4. The number of rotatable bonds is 28. The van der Waals surface area contributed by atoms with E-state index in [2.05, 4.69) is 55.3 Å². The molecule has 0 spiro atoms. The van der Waals surface area contributed by atoms with Crippen LogP contribution in [0, 0.1) is 11.8 Å². The molecular weight excluding hydrogens is 1290 g/mol. The van der Waals surface area contributed by atoms with E-state index in [1.165, 1.54) is 35.0 Å². The molecule has 0 unspecified atom stereocenters. The zero-order valence-corrected chi connectivity index (χ0v) is 60.5. The number of likely N-dealkylation sites (N-methyl/N-ethyl adjacent to an activating group) is 2. The molecule has 3 aliphatic heterocycles. The predicted octanol–water partition coefficient (Wildman–Crippen LogP) is 9.19. The zero-order chi connectivity index (χ0) is 71.5. The number of likely N-dealkylation sites (tertiary alicyclic amines) is 2. The molecule has 2 saturated carbocycles. The molecule has 3 saturated heterocycles. The van der Waals surface area contributed by atoms with Gasteiger partial charge in [0.1, 0.15) is 49.5 Å². The lowest BCUT2D eigenvalue weighted by atomic mass is 9.83. The molecule has 4 aliphatic carbocycles. The van der Waals surface area contributed by atoms with Gasteiger partial charge in [0, 0.05) is 92.5 Å². The van der Waals surface area contributed by atoms with E-state index in [-0.39, 0.29) is 73.9 Å². The summed E-state index contributed by atoms with van der Waals surface area (Å²) in [5.41, 5.74) is 6.29. The minimum atomic E-state index is -0.944. The summed E-state index contributed by atoms with van der Waals surface area (Å²) in [7, 11) is 3.04. The molecule has 0 bridgehead atoms. The SMILES string of the molecule is C[C@@H](C(=O)N[C@H](C(=O)N1C[C@@H](OCCCN2CCN(CCCO[C@H]3C[C@@H](C(=O)N[C@@H]4CCCc5ccccc54)N(C(=O)[C@@H](NC(=O)[C@H](C)N(C)C(=O)OCc4ccccc4)C4CCCCC4)C3)CC2)C[C@H]1C(=O)N[C@@H]1CCCc2ccccc21)C1CCCCC1)N(C)C(=O)OCc1ccccc1. The third-order valence-corrected chi connectivity index (χ3v) is 22.8. The summed E-state index contributed by atoms with van der Waals surface area (Å²) in [6, 6.07) is 29.4. The van der Waals surface area contributed by atoms with E-state index in [9.17, 15) is 28.8 Å². The third kappa shape index (κ3) is 19.9. The Balaban J connectivity index is 0.670. The Morgan fingerprint density at radius 1 is 0.471 bits per heavy atom. The van der Waals surface area contributed by atoms with Gasteiger partial charge in [-0.1, -0.05) is 148 Å². The maximum atomic E-state index is 15.3. The van der Waals surface area contributed by atoms with Gasteiger partial charge in [-0.05, 0) is 136 Å². The molecule has 3 heterocycles. The van der Waals surface area contributed by atoms with Crippen LogP contribution in [0.15, 0.2) is 109 Å². The van der Waals surface area contributed by atoms with E-state index in [1.54, 1.807) is 23.6 Å². The fraction of sp³-hybridized carbons (Fsp3) is 0.600. The first kappa shape index (κ1) is 75.2. The Hall–Kier alpha value is -7.92. The van der Waals surface area contributed by atoms with Crippen molar-refractivity contribution in [3.8, 4) is 0 Å². The van der Waals surface area contributed by atoms with E-state index < -0.39 is 72.5 Å². The predicted molar refractivity (Wildman–Crippen MR) is 387 cm³/mol.